The third-order valence-electron chi connectivity index (χ3n) is 3.51. The third-order valence-corrected chi connectivity index (χ3v) is 3.51. The van der Waals surface area contributed by atoms with Gasteiger partial charge in [0.15, 0.2) is 0 Å². The van der Waals surface area contributed by atoms with Gasteiger partial charge in [-0.1, -0.05) is 12.1 Å². The number of nitrogens with one attached hydrogen (secondary N) is 2. The van der Waals surface area contributed by atoms with E-state index in [4.69, 9.17) is 5.11 Å². The van der Waals surface area contributed by atoms with Gasteiger partial charge in [-0.05, 0) is 35.7 Å². The van der Waals surface area contributed by atoms with Gasteiger partial charge in [-0.25, -0.2) is 4.79 Å². The van der Waals surface area contributed by atoms with Crippen LogP contribution in [0.1, 0.15) is 27.0 Å². The van der Waals surface area contributed by atoms with Gasteiger partial charge in [-0.3, -0.25) is 25.4 Å². The number of carbonyl (C=O) groups excluding carboxylic acids is 2. The molecule has 0 aliphatic heterocycles. The average Bonchev–Trinajstić information content (AvgIpc) is 2.64. The number of halogens is 3. The van der Waals surface area contributed by atoms with E-state index >= 15 is 0 Å². The van der Waals surface area contributed by atoms with Gasteiger partial charge >= 0.3 is 12.1 Å². The number of hydrazine groups is 1. The van der Waals surface area contributed by atoms with Crippen LogP contribution in [0.5, 0.6) is 0 Å². The number of rotatable bonds is 5. The third kappa shape index (κ3) is 5.94. The van der Waals surface area contributed by atoms with Gasteiger partial charge in [0.05, 0.1) is 11.1 Å². The van der Waals surface area contributed by atoms with Gasteiger partial charge < -0.3 is 5.11 Å². The van der Waals surface area contributed by atoms with Crippen LogP contribution in [0.25, 0.3) is 0 Å². The molecule has 1 aromatic carbocycles. The first-order chi connectivity index (χ1) is 13.2. The smallest absolute Gasteiger partial charge is 0.416 e. The number of carboxylic acids is 1. The fourth-order valence-electron chi connectivity index (χ4n) is 2.19. The minimum Gasteiger partial charge on any atom is -0.478 e. The highest BCUT2D eigenvalue weighted by molar-refractivity contribution is 5.99. The van der Waals surface area contributed by atoms with Gasteiger partial charge in [0.1, 0.15) is 0 Å². The van der Waals surface area contributed by atoms with Crippen molar-refractivity contribution in [3.05, 3.63) is 77.1 Å². The number of nitrogens with zero attached hydrogens (tertiary/aromatic N) is 1. The zero-order valence-corrected chi connectivity index (χ0v) is 14.2. The zero-order valence-electron chi connectivity index (χ0n) is 14.2. The van der Waals surface area contributed by atoms with Crippen molar-refractivity contribution in [1.82, 2.24) is 15.8 Å². The zero-order chi connectivity index (χ0) is 20.7. The van der Waals surface area contributed by atoms with Crippen molar-refractivity contribution < 1.29 is 32.7 Å². The number of aromatic nitrogens is 1. The van der Waals surface area contributed by atoms with Crippen molar-refractivity contribution in [2.24, 2.45) is 0 Å². The number of amides is 2. The molecule has 0 unspecified atom stereocenters. The topological polar surface area (TPSA) is 108 Å². The number of carbonyl (C=O) groups is 3. The SMILES string of the molecule is O=C(O)/C=C/C(=O)NNC(=O)c1cnccc1Cc1ccc(C(F)(F)F)cc1. The molecule has 0 fully saturated rings. The van der Waals surface area contributed by atoms with Crippen molar-refractivity contribution in [3.8, 4) is 0 Å². The van der Waals surface area contributed by atoms with Crippen molar-refractivity contribution in [1.29, 1.82) is 0 Å². The molecule has 2 amide bonds. The summed E-state index contributed by atoms with van der Waals surface area (Å²) in [5.74, 6) is -2.90. The number of hydrogen-bond donors (Lipinski definition) is 3. The predicted molar refractivity (Wildman–Crippen MR) is 90.9 cm³/mol. The molecule has 28 heavy (non-hydrogen) atoms. The molecule has 10 heteroatoms. The van der Waals surface area contributed by atoms with E-state index in [0.717, 1.165) is 18.2 Å². The number of alkyl halides is 3. The number of hydrogen-bond acceptors (Lipinski definition) is 4. The van der Waals surface area contributed by atoms with Crippen molar-refractivity contribution in [2.75, 3.05) is 0 Å². The van der Waals surface area contributed by atoms with Gasteiger partial charge in [-0.2, -0.15) is 13.2 Å². The molecule has 3 N–H and O–H groups in total. The molecule has 2 rings (SSSR count). The predicted octanol–water partition coefficient (Wildman–Crippen LogP) is 2.09. The van der Waals surface area contributed by atoms with Crippen LogP contribution in [0.3, 0.4) is 0 Å². The molecule has 2 aromatic rings. The van der Waals surface area contributed by atoms with E-state index in [-0.39, 0.29) is 12.0 Å². The van der Waals surface area contributed by atoms with Crippen molar-refractivity contribution in [2.45, 2.75) is 12.6 Å². The molecule has 0 saturated heterocycles. The largest absolute Gasteiger partial charge is 0.478 e. The molecule has 1 aromatic heterocycles. The molecule has 0 spiro atoms. The minimum atomic E-state index is -4.44. The van der Waals surface area contributed by atoms with E-state index in [1.165, 1.54) is 30.6 Å². The minimum absolute atomic E-state index is 0.102. The average molecular weight is 393 g/mol. The maximum absolute atomic E-state index is 12.6. The summed E-state index contributed by atoms with van der Waals surface area (Å²) in [7, 11) is 0. The number of benzene rings is 1. The lowest BCUT2D eigenvalue weighted by molar-refractivity contribution is -0.137. The number of pyridine rings is 1. The van der Waals surface area contributed by atoms with Crippen LogP contribution < -0.4 is 10.9 Å². The van der Waals surface area contributed by atoms with E-state index in [0.29, 0.717) is 17.2 Å². The monoisotopic (exact) mass is 393 g/mol. The van der Waals surface area contributed by atoms with Crippen LogP contribution in [0.2, 0.25) is 0 Å². The summed E-state index contributed by atoms with van der Waals surface area (Å²) in [6.45, 7) is 0. The maximum Gasteiger partial charge on any atom is 0.416 e. The lowest BCUT2D eigenvalue weighted by Gasteiger charge is -2.11. The Hall–Kier alpha value is -3.69. The molecule has 0 radical (unpaired) electrons. The Morgan fingerprint density at radius 1 is 1.04 bits per heavy atom. The second kappa shape index (κ2) is 8.80. The highest BCUT2D eigenvalue weighted by Gasteiger charge is 2.29. The summed E-state index contributed by atoms with van der Waals surface area (Å²) < 4.78 is 37.9. The van der Waals surface area contributed by atoms with Gasteiger partial charge in [-0.15, -0.1) is 0 Å². The quantitative estimate of drug-likeness (QED) is 0.533. The Morgan fingerprint density at radius 3 is 2.32 bits per heavy atom. The van der Waals surface area contributed by atoms with E-state index in [9.17, 15) is 27.6 Å². The fourth-order valence-corrected chi connectivity index (χ4v) is 2.19. The Morgan fingerprint density at radius 2 is 1.71 bits per heavy atom. The summed E-state index contributed by atoms with van der Waals surface area (Å²) >= 11 is 0. The van der Waals surface area contributed by atoms with Crippen LogP contribution in [0, 0.1) is 0 Å². The van der Waals surface area contributed by atoms with Crippen LogP contribution in [-0.4, -0.2) is 27.9 Å². The van der Waals surface area contributed by atoms with E-state index in [1.807, 2.05) is 5.43 Å². The maximum atomic E-state index is 12.6. The summed E-state index contributed by atoms with van der Waals surface area (Å²) in [6, 6.07) is 6.04. The Labute approximate surface area is 156 Å². The molecule has 0 aliphatic carbocycles. The molecule has 0 aliphatic rings. The molecular formula is C18H14F3N3O4. The van der Waals surface area contributed by atoms with Crippen LogP contribution >= 0.6 is 0 Å². The highest BCUT2D eigenvalue weighted by Crippen LogP contribution is 2.29. The van der Waals surface area contributed by atoms with Crippen LogP contribution in [0.4, 0.5) is 13.2 Å². The Kier molecular flexibility index (Phi) is 6.48. The van der Waals surface area contributed by atoms with Gasteiger partial charge in [0, 0.05) is 24.5 Å². The molecular weight excluding hydrogens is 379 g/mol. The summed E-state index contributed by atoms with van der Waals surface area (Å²) in [5, 5.41) is 8.43. The summed E-state index contributed by atoms with van der Waals surface area (Å²) in [6.07, 6.45) is -0.293. The van der Waals surface area contributed by atoms with Crippen molar-refractivity contribution >= 4 is 17.8 Å². The van der Waals surface area contributed by atoms with Crippen LogP contribution in [0.15, 0.2) is 54.9 Å². The summed E-state index contributed by atoms with van der Waals surface area (Å²) in [4.78, 5) is 37.8. The molecule has 1 heterocycles. The normalized spacial score (nSPS) is 11.2. The first kappa shape index (κ1) is 20.6. The molecule has 7 nitrogen and oxygen atoms in total. The molecule has 146 valence electrons. The highest BCUT2D eigenvalue weighted by atomic mass is 19.4. The second-order valence-electron chi connectivity index (χ2n) is 5.52. The summed E-state index contributed by atoms with van der Waals surface area (Å²) in [5.41, 5.74) is 4.46. The van der Waals surface area contributed by atoms with E-state index in [2.05, 4.69) is 10.4 Å². The van der Waals surface area contributed by atoms with Gasteiger partial charge in [0.25, 0.3) is 11.8 Å². The molecule has 0 saturated carbocycles. The fraction of sp³-hybridized carbons (Fsp3) is 0.111. The lowest BCUT2D eigenvalue weighted by atomic mass is 10.0. The number of carboxylic acid groups (broad SMARTS) is 1. The van der Waals surface area contributed by atoms with E-state index < -0.39 is 29.5 Å². The van der Waals surface area contributed by atoms with Crippen molar-refractivity contribution in [3.63, 3.8) is 0 Å². The van der Waals surface area contributed by atoms with Gasteiger partial charge in [0.2, 0.25) is 0 Å². The Balaban J connectivity index is 2.09. The van der Waals surface area contributed by atoms with E-state index in [1.54, 1.807) is 0 Å². The molecule has 0 bridgehead atoms. The number of aliphatic carboxylic acids is 1. The standard InChI is InChI=1S/C18H14F3N3O4/c19-18(20,21)13-3-1-11(2-4-13)9-12-7-8-22-10-14(12)17(28)24-23-15(25)5-6-16(26)27/h1-8,10H,9H2,(H,23,25)(H,24,28)(H,26,27)/b6-5+. The Bertz CT molecular complexity index is 909. The second-order valence-corrected chi connectivity index (χ2v) is 5.52. The van der Waals surface area contributed by atoms with Crippen LogP contribution in [-0.2, 0) is 22.2 Å². The first-order valence-electron chi connectivity index (χ1n) is 7.77. The first-order valence-corrected chi connectivity index (χ1v) is 7.77. The molecule has 0 atom stereocenters. The lowest BCUT2D eigenvalue weighted by Crippen LogP contribution is -2.41.